The van der Waals surface area contributed by atoms with Gasteiger partial charge in [0.2, 0.25) is 0 Å². The Labute approximate surface area is 132 Å². The molecule has 0 amide bonds. The van der Waals surface area contributed by atoms with Crippen LogP contribution in [0.15, 0.2) is 59.4 Å². The Kier molecular flexibility index (Phi) is 3.12. The molecule has 0 aliphatic carbocycles. The first-order chi connectivity index (χ1) is 11.3. The fraction of sp³-hybridized carbons (Fsp3) is 0.111. The van der Waals surface area contributed by atoms with E-state index < -0.39 is 0 Å². The largest absolute Gasteiger partial charge is 0.300 e. The summed E-state index contributed by atoms with van der Waals surface area (Å²) in [6.07, 6.45) is 0.702. The van der Waals surface area contributed by atoms with Crippen molar-refractivity contribution in [3.05, 3.63) is 70.8 Å². The van der Waals surface area contributed by atoms with E-state index in [4.69, 9.17) is 0 Å². The van der Waals surface area contributed by atoms with Crippen LogP contribution in [-0.4, -0.2) is 19.6 Å². The Morgan fingerprint density at radius 3 is 2.48 bits per heavy atom. The second-order valence-electron chi connectivity index (χ2n) is 5.27. The van der Waals surface area contributed by atoms with Crippen LogP contribution in [0, 0.1) is 0 Å². The minimum absolute atomic E-state index is 0.324. The summed E-state index contributed by atoms with van der Waals surface area (Å²) in [7, 11) is 0. The van der Waals surface area contributed by atoms with Crippen LogP contribution >= 0.6 is 0 Å². The average Bonchev–Trinajstić information content (AvgIpc) is 2.61. The van der Waals surface area contributed by atoms with Gasteiger partial charge < -0.3 is 0 Å². The number of rotatable bonds is 2. The standard InChI is InChI=1S/C18H14N4O/c1-2-15-19-14-11-7-6-10-13(14)17-20-18(23)16(21-22(15)17)12-8-4-3-5-9-12/h3-11H,2H2,1H3. The van der Waals surface area contributed by atoms with Gasteiger partial charge in [-0.05, 0) is 12.1 Å². The lowest BCUT2D eigenvalue weighted by atomic mass is 10.1. The number of hydrogen-bond acceptors (Lipinski definition) is 4. The molecule has 0 aliphatic rings. The summed E-state index contributed by atoms with van der Waals surface area (Å²) in [5.74, 6) is 0.781. The van der Waals surface area contributed by atoms with Crippen LogP contribution in [0.2, 0.25) is 0 Å². The molecule has 0 fully saturated rings. The Hall–Kier alpha value is -3.08. The van der Waals surface area contributed by atoms with Gasteiger partial charge >= 0.3 is 0 Å². The normalized spacial score (nSPS) is 11.2. The molecule has 0 spiro atoms. The van der Waals surface area contributed by atoms with Gasteiger partial charge in [-0.3, -0.25) is 4.79 Å². The van der Waals surface area contributed by atoms with Crippen LogP contribution in [0.5, 0.6) is 0 Å². The zero-order valence-electron chi connectivity index (χ0n) is 12.6. The smallest absolute Gasteiger partial charge is 0.265 e. The molecule has 23 heavy (non-hydrogen) atoms. The van der Waals surface area contributed by atoms with Crippen LogP contribution in [0.1, 0.15) is 12.7 Å². The molecular formula is C18H14N4O. The van der Waals surface area contributed by atoms with Crippen molar-refractivity contribution < 1.29 is 0 Å². The number of benzene rings is 2. The predicted molar refractivity (Wildman–Crippen MR) is 89.4 cm³/mol. The van der Waals surface area contributed by atoms with Crippen molar-refractivity contribution >= 4 is 16.6 Å². The second kappa shape index (κ2) is 5.28. The Bertz CT molecular complexity index is 1070. The summed E-state index contributed by atoms with van der Waals surface area (Å²) in [6, 6.07) is 17.1. The molecule has 4 rings (SSSR count). The summed E-state index contributed by atoms with van der Waals surface area (Å²) < 4.78 is 1.69. The molecule has 0 saturated carbocycles. The van der Waals surface area contributed by atoms with Crippen molar-refractivity contribution in [3.8, 4) is 11.3 Å². The van der Waals surface area contributed by atoms with Gasteiger partial charge in [-0.1, -0.05) is 49.4 Å². The van der Waals surface area contributed by atoms with Gasteiger partial charge in [0.25, 0.3) is 5.56 Å². The molecule has 2 aromatic heterocycles. The topological polar surface area (TPSA) is 60.2 Å². The van der Waals surface area contributed by atoms with Gasteiger partial charge in [0.1, 0.15) is 5.82 Å². The maximum Gasteiger partial charge on any atom is 0.300 e. The van der Waals surface area contributed by atoms with Crippen molar-refractivity contribution in [1.29, 1.82) is 0 Å². The molecule has 0 bridgehead atoms. The maximum absolute atomic E-state index is 12.5. The highest BCUT2D eigenvalue weighted by Crippen LogP contribution is 2.18. The lowest BCUT2D eigenvalue weighted by Crippen LogP contribution is -2.18. The Balaban J connectivity index is 2.13. The van der Waals surface area contributed by atoms with E-state index in [2.05, 4.69) is 15.1 Å². The molecule has 0 radical (unpaired) electrons. The maximum atomic E-state index is 12.5. The van der Waals surface area contributed by atoms with Gasteiger partial charge in [0.15, 0.2) is 11.3 Å². The van der Waals surface area contributed by atoms with Crippen LogP contribution in [-0.2, 0) is 6.42 Å². The van der Waals surface area contributed by atoms with E-state index in [1.807, 2.05) is 61.5 Å². The molecule has 0 N–H and O–H groups in total. The number of aryl methyl sites for hydroxylation is 1. The first-order valence-corrected chi connectivity index (χ1v) is 7.52. The summed E-state index contributed by atoms with van der Waals surface area (Å²) in [4.78, 5) is 21.4. The highest BCUT2D eigenvalue weighted by molar-refractivity contribution is 5.91. The Morgan fingerprint density at radius 1 is 0.957 bits per heavy atom. The molecule has 4 aromatic rings. The molecule has 0 atom stereocenters. The quantitative estimate of drug-likeness (QED) is 0.534. The van der Waals surface area contributed by atoms with E-state index in [0.29, 0.717) is 17.8 Å². The molecule has 112 valence electrons. The second-order valence-corrected chi connectivity index (χ2v) is 5.27. The fourth-order valence-corrected chi connectivity index (χ4v) is 2.69. The minimum Gasteiger partial charge on any atom is -0.265 e. The third-order valence-corrected chi connectivity index (χ3v) is 3.81. The van der Waals surface area contributed by atoms with Gasteiger partial charge in [0, 0.05) is 17.4 Å². The molecule has 2 heterocycles. The predicted octanol–water partition coefficient (Wildman–Crippen LogP) is 2.87. The number of hydrogen-bond donors (Lipinski definition) is 0. The number of para-hydroxylation sites is 1. The van der Waals surface area contributed by atoms with Gasteiger partial charge in [0.05, 0.1) is 5.52 Å². The van der Waals surface area contributed by atoms with Crippen molar-refractivity contribution in [3.63, 3.8) is 0 Å². The van der Waals surface area contributed by atoms with Crippen LogP contribution in [0.25, 0.3) is 27.8 Å². The lowest BCUT2D eigenvalue weighted by Gasteiger charge is -2.10. The average molecular weight is 302 g/mol. The van der Waals surface area contributed by atoms with Gasteiger partial charge in [-0.2, -0.15) is 14.6 Å². The minimum atomic E-state index is -0.324. The summed E-state index contributed by atoms with van der Waals surface area (Å²) >= 11 is 0. The van der Waals surface area contributed by atoms with Gasteiger partial charge in [-0.25, -0.2) is 4.98 Å². The molecular weight excluding hydrogens is 288 g/mol. The number of nitrogens with zero attached hydrogens (tertiary/aromatic N) is 4. The van der Waals surface area contributed by atoms with Crippen LogP contribution < -0.4 is 5.56 Å². The van der Waals surface area contributed by atoms with Crippen molar-refractivity contribution in [2.24, 2.45) is 0 Å². The molecule has 2 aromatic carbocycles. The first kappa shape index (κ1) is 13.6. The molecule has 0 saturated heterocycles. The molecule has 0 unspecified atom stereocenters. The van der Waals surface area contributed by atoms with E-state index in [9.17, 15) is 4.79 Å². The van der Waals surface area contributed by atoms with E-state index in [1.165, 1.54) is 0 Å². The van der Waals surface area contributed by atoms with E-state index in [0.717, 1.165) is 22.3 Å². The summed E-state index contributed by atoms with van der Waals surface area (Å²) in [6.45, 7) is 2.01. The summed E-state index contributed by atoms with van der Waals surface area (Å²) in [5, 5.41) is 5.37. The number of aromatic nitrogens is 4. The lowest BCUT2D eigenvalue weighted by molar-refractivity contribution is 0.788. The fourth-order valence-electron chi connectivity index (χ4n) is 2.69. The van der Waals surface area contributed by atoms with E-state index in [1.54, 1.807) is 4.52 Å². The zero-order valence-corrected chi connectivity index (χ0v) is 12.6. The van der Waals surface area contributed by atoms with Crippen molar-refractivity contribution in [1.82, 2.24) is 19.6 Å². The van der Waals surface area contributed by atoms with Crippen LogP contribution in [0.3, 0.4) is 0 Å². The van der Waals surface area contributed by atoms with Crippen molar-refractivity contribution in [2.75, 3.05) is 0 Å². The molecule has 5 heteroatoms. The highest BCUT2D eigenvalue weighted by atomic mass is 16.1. The van der Waals surface area contributed by atoms with E-state index in [-0.39, 0.29) is 5.56 Å². The third-order valence-electron chi connectivity index (χ3n) is 3.81. The highest BCUT2D eigenvalue weighted by Gasteiger charge is 2.13. The monoisotopic (exact) mass is 302 g/mol. The first-order valence-electron chi connectivity index (χ1n) is 7.52. The van der Waals surface area contributed by atoms with Gasteiger partial charge in [-0.15, -0.1) is 0 Å². The number of fused-ring (bicyclic) bond motifs is 3. The van der Waals surface area contributed by atoms with Crippen molar-refractivity contribution in [2.45, 2.75) is 13.3 Å². The molecule has 5 nitrogen and oxygen atoms in total. The summed E-state index contributed by atoms with van der Waals surface area (Å²) in [5.41, 5.74) is 2.15. The van der Waals surface area contributed by atoms with Crippen LogP contribution in [0.4, 0.5) is 0 Å². The Morgan fingerprint density at radius 2 is 1.70 bits per heavy atom. The third kappa shape index (κ3) is 2.17. The molecule has 0 aliphatic heterocycles. The SMILES string of the molecule is CCc1nc2ccccc2c2nc(=O)c(-c3ccccc3)nn12. The van der Waals surface area contributed by atoms with E-state index >= 15 is 0 Å². The zero-order chi connectivity index (χ0) is 15.8.